The van der Waals surface area contributed by atoms with E-state index >= 15 is 0 Å². The molecule has 0 bridgehead atoms. The molecular weight excluding hydrogens is 368 g/mol. The first-order valence-electron chi connectivity index (χ1n) is 7.15. The Bertz CT molecular complexity index is 578. The lowest BCUT2D eigenvalue weighted by Crippen LogP contribution is -2.28. The quantitative estimate of drug-likeness (QED) is 0.782. The van der Waals surface area contributed by atoms with Crippen LogP contribution in [0.15, 0.2) is 33.3 Å². The lowest BCUT2D eigenvalue weighted by Gasteiger charge is -2.28. The number of hydrogen-bond acceptors (Lipinski definition) is 5. The van der Waals surface area contributed by atoms with E-state index < -0.39 is 0 Å². The molecule has 5 nitrogen and oxygen atoms in total. The lowest BCUT2D eigenvalue weighted by atomic mass is 10.1. The fraction of sp³-hybridized carbons (Fsp3) is 0.467. The number of aromatic nitrogens is 2. The summed E-state index contributed by atoms with van der Waals surface area (Å²) in [5, 5.41) is 3.99. The summed E-state index contributed by atoms with van der Waals surface area (Å²) < 4.78 is 6.20. The van der Waals surface area contributed by atoms with Crippen molar-refractivity contribution in [3.63, 3.8) is 0 Å². The molecule has 1 heterocycles. The molecule has 0 fully saturated rings. The second-order valence-corrected chi connectivity index (χ2v) is 5.83. The zero-order chi connectivity index (χ0) is 15.2. The molecule has 7 heteroatoms. The van der Waals surface area contributed by atoms with Crippen LogP contribution in [0.3, 0.4) is 0 Å². The summed E-state index contributed by atoms with van der Waals surface area (Å²) in [4.78, 5) is 6.63. The molecule has 122 valence electrons. The molecule has 1 atom stereocenters. The van der Waals surface area contributed by atoms with Crippen LogP contribution < -0.4 is 5.73 Å². The van der Waals surface area contributed by atoms with E-state index in [-0.39, 0.29) is 25.0 Å². The molecule has 2 N–H and O–H groups in total. The Kier molecular flexibility index (Phi) is 8.03. The van der Waals surface area contributed by atoms with Crippen LogP contribution >= 0.6 is 28.3 Å². The Morgan fingerprint density at radius 2 is 2.09 bits per heavy atom. The second kappa shape index (κ2) is 9.25. The summed E-state index contributed by atoms with van der Waals surface area (Å²) >= 11 is 3.62. The average Bonchev–Trinajstić information content (AvgIpc) is 2.94. The monoisotopic (exact) mass is 388 g/mol. The van der Waals surface area contributed by atoms with E-state index in [1.165, 1.54) is 5.56 Å². The van der Waals surface area contributed by atoms with Gasteiger partial charge in [0, 0.05) is 10.5 Å². The Hall–Kier alpha value is -0.950. The number of benzene rings is 1. The van der Waals surface area contributed by atoms with Crippen molar-refractivity contribution < 1.29 is 4.52 Å². The number of halogens is 2. The van der Waals surface area contributed by atoms with Gasteiger partial charge in [0.15, 0.2) is 5.82 Å². The minimum absolute atomic E-state index is 0. The van der Waals surface area contributed by atoms with Gasteiger partial charge in [-0.25, -0.2) is 0 Å². The SMILES string of the molecule is CCCN(Cc1noc(CN)n1)C(C)c1ccccc1Br.Cl. The van der Waals surface area contributed by atoms with Gasteiger partial charge in [0.2, 0.25) is 5.89 Å². The standard InChI is InChI=1S/C15H21BrN4O.ClH/c1-3-8-20(10-14-18-15(9-17)21-19-14)11(2)12-6-4-5-7-13(12)16;/h4-7,11H,3,8-10,17H2,1-2H3;1H. The molecule has 22 heavy (non-hydrogen) atoms. The van der Waals surface area contributed by atoms with Gasteiger partial charge in [0.25, 0.3) is 0 Å². The molecule has 1 aromatic heterocycles. The van der Waals surface area contributed by atoms with E-state index in [1.54, 1.807) is 0 Å². The predicted molar refractivity (Wildman–Crippen MR) is 92.7 cm³/mol. The third-order valence-corrected chi connectivity index (χ3v) is 4.17. The van der Waals surface area contributed by atoms with Gasteiger partial charge in [-0.05, 0) is 31.5 Å². The van der Waals surface area contributed by atoms with Gasteiger partial charge in [-0.2, -0.15) is 4.98 Å². The number of rotatable bonds is 7. The summed E-state index contributed by atoms with van der Waals surface area (Å²) in [5.74, 6) is 1.16. The van der Waals surface area contributed by atoms with E-state index in [4.69, 9.17) is 10.3 Å². The number of hydrogen-bond donors (Lipinski definition) is 1. The molecule has 0 radical (unpaired) electrons. The van der Waals surface area contributed by atoms with Crippen LogP contribution in [-0.2, 0) is 13.1 Å². The van der Waals surface area contributed by atoms with Crippen LogP contribution in [0.25, 0.3) is 0 Å². The normalized spacial score (nSPS) is 12.2. The van der Waals surface area contributed by atoms with Gasteiger partial charge in [0.05, 0.1) is 13.1 Å². The van der Waals surface area contributed by atoms with Crippen LogP contribution in [0.1, 0.15) is 43.6 Å². The highest BCUT2D eigenvalue weighted by molar-refractivity contribution is 9.10. The average molecular weight is 390 g/mol. The van der Waals surface area contributed by atoms with E-state index in [1.807, 2.05) is 6.07 Å². The maximum absolute atomic E-state index is 5.51. The highest BCUT2D eigenvalue weighted by Crippen LogP contribution is 2.28. The van der Waals surface area contributed by atoms with Crippen molar-refractivity contribution in [2.75, 3.05) is 6.54 Å². The fourth-order valence-electron chi connectivity index (χ4n) is 2.33. The van der Waals surface area contributed by atoms with E-state index in [0.29, 0.717) is 18.3 Å². The van der Waals surface area contributed by atoms with Crippen LogP contribution in [0.5, 0.6) is 0 Å². The Labute approximate surface area is 145 Å². The van der Waals surface area contributed by atoms with Crippen LogP contribution in [0.4, 0.5) is 0 Å². The van der Waals surface area contributed by atoms with E-state index in [0.717, 1.165) is 17.4 Å². The van der Waals surface area contributed by atoms with E-state index in [2.05, 4.69) is 63.0 Å². The molecule has 0 saturated heterocycles. The summed E-state index contributed by atoms with van der Waals surface area (Å²) in [5.41, 5.74) is 6.77. The molecule has 0 aliphatic heterocycles. The first-order valence-corrected chi connectivity index (χ1v) is 7.95. The molecule has 0 aliphatic carbocycles. The van der Waals surface area contributed by atoms with Crippen LogP contribution in [0, 0.1) is 0 Å². The summed E-state index contributed by atoms with van der Waals surface area (Å²) in [7, 11) is 0. The van der Waals surface area contributed by atoms with Crippen LogP contribution in [-0.4, -0.2) is 21.6 Å². The van der Waals surface area contributed by atoms with Crippen molar-refractivity contribution in [3.05, 3.63) is 46.0 Å². The lowest BCUT2D eigenvalue weighted by molar-refractivity contribution is 0.193. The third-order valence-electron chi connectivity index (χ3n) is 3.44. The molecule has 1 aromatic carbocycles. The molecule has 0 saturated carbocycles. The highest BCUT2D eigenvalue weighted by atomic mass is 79.9. The smallest absolute Gasteiger partial charge is 0.240 e. The minimum atomic E-state index is 0. The highest BCUT2D eigenvalue weighted by Gasteiger charge is 2.19. The maximum atomic E-state index is 5.51. The van der Waals surface area contributed by atoms with Crippen molar-refractivity contribution in [1.82, 2.24) is 15.0 Å². The van der Waals surface area contributed by atoms with Gasteiger partial charge < -0.3 is 10.3 Å². The van der Waals surface area contributed by atoms with Crippen LogP contribution in [0.2, 0.25) is 0 Å². The summed E-state index contributed by atoms with van der Waals surface area (Å²) in [6, 6.07) is 8.55. The van der Waals surface area contributed by atoms with Crippen molar-refractivity contribution >= 4 is 28.3 Å². The van der Waals surface area contributed by atoms with Gasteiger partial charge in [-0.1, -0.05) is 46.2 Å². The maximum Gasteiger partial charge on any atom is 0.240 e. The van der Waals surface area contributed by atoms with Gasteiger partial charge in [-0.15, -0.1) is 12.4 Å². The van der Waals surface area contributed by atoms with Crippen molar-refractivity contribution in [2.24, 2.45) is 5.73 Å². The molecule has 0 spiro atoms. The topological polar surface area (TPSA) is 68.2 Å². The minimum Gasteiger partial charge on any atom is -0.338 e. The van der Waals surface area contributed by atoms with E-state index in [9.17, 15) is 0 Å². The van der Waals surface area contributed by atoms with Gasteiger partial charge in [0.1, 0.15) is 0 Å². The largest absolute Gasteiger partial charge is 0.338 e. The Balaban J connectivity index is 0.00000242. The first-order chi connectivity index (χ1) is 10.2. The zero-order valence-corrected chi connectivity index (χ0v) is 15.2. The number of nitrogens with zero attached hydrogens (tertiary/aromatic N) is 3. The third kappa shape index (κ3) is 4.78. The van der Waals surface area contributed by atoms with Gasteiger partial charge >= 0.3 is 0 Å². The second-order valence-electron chi connectivity index (χ2n) is 4.98. The van der Waals surface area contributed by atoms with Crippen molar-refractivity contribution in [2.45, 2.75) is 39.4 Å². The Morgan fingerprint density at radius 1 is 1.36 bits per heavy atom. The molecular formula is C15H22BrClN4O. The summed E-state index contributed by atoms with van der Waals surface area (Å²) in [6.45, 7) is 6.26. The van der Waals surface area contributed by atoms with Crippen molar-refractivity contribution in [3.8, 4) is 0 Å². The summed E-state index contributed by atoms with van der Waals surface area (Å²) in [6.07, 6.45) is 1.07. The zero-order valence-electron chi connectivity index (χ0n) is 12.8. The van der Waals surface area contributed by atoms with Gasteiger partial charge in [-0.3, -0.25) is 4.90 Å². The molecule has 0 amide bonds. The molecule has 2 aromatic rings. The number of nitrogens with two attached hydrogens (primary N) is 1. The Morgan fingerprint density at radius 3 is 2.68 bits per heavy atom. The molecule has 2 rings (SSSR count). The molecule has 1 unspecified atom stereocenters. The van der Waals surface area contributed by atoms with Crippen molar-refractivity contribution in [1.29, 1.82) is 0 Å². The molecule has 0 aliphatic rings. The predicted octanol–water partition coefficient (Wildman–Crippen LogP) is 3.69. The fourth-order valence-corrected chi connectivity index (χ4v) is 2.94. The first kappa shape index (κ1) is 19.1.